The van der Waals surface area contributed by atoms with E-state index < -0.39 is 0 Å². The molecule has 1 fully saturated rings. The minimum Gasteiger partial charge on any atom is -0.508 e. The van der Waals surface area contributed by atoms with Crippen molar-refractivity contribution in [2.24, 2.45) is 5.92 Å². The third kappa shape index (κ3) is 3.13. The summed E-state index contributed by atoms with van der Waals surface area (Å²) in [6, 6.07) is 3.80. The zero-order valence-corrected chi connectivity index (χ0v) is 15.0. The van der Waals surface area contributed by atoms with Gasteiger partial charge in [-0.1, -0.05) is 32.3 Å². The molecule has 1 aromatic rings. The van der Waals surface area contributed by atoms with Gasteiger partial charge in [-0.3, -0.25) is 0 Å². The van der Waals surface area contributed by atoms with Crippen molar-refractivity contribution in [2.45, 2.75) is 78.2 Å². The monoisotopic (exact) mass is 314 g/mol. The Labute approximate surface area is 140 Å². The van der Waals surface area contributed by atoms with E-state index in [9.17, 15) is 5.11 Å². The summed E-state index contributed by atoms with van der Waals surface area (Å²) in [5.41, 5.74) is 5.56. The minimum absolute atomic E-state index is 0.201. The maximum absolute atomic E-state index is 10.1. The third-order valence-corrected chi connectivity index (χ3v) is 5.43. The Bertz CT molecular complexity index is 611. The molecular weight excluding hydrogens is 284 g/mol. The Balaban J connectivity index is 2.06. The second kappa shape index (κ2) is 6.59. The van der Waals surface area contributed by atoms with Gasteiger partial charge in [0.25, 0.3) is 0 Å². The highest BCUT2D eigenvalue weighted by Gasteiger charge is 2.40. The first kappa shape index (κ1) is 16.4. The van der Waals surface area contributed by atoms with Gasteiger partial charge < -0.3 is 9.84 Å². The number of phenolic OH excluding ortho intramolecular Hbond substituents is 1. The molecule has 3 unspecified atom stereocenters. The maximum atomic E-state index is 10.1. The second-order valence-electron chi connectivity index (χ2n) is 7.66. The zero-order valence-electron chi connectivity index (χ0n) is 15.0. The van der Waals surface area contributed by atoms with Crippen LogP contribution >= 0.6 is 0 Å². The van der Waals surface area contributed by atoms with Crippen LogP contribution in [0.3, 0.4) is 0 Å². The Morgan fingerprint density at radius 1 is 1.22 bits per heavy atom. The molecule has 0 spiro atoms. The van der Waals surface area contributed by atoms with Crippen LogP contribution in [0.25, 0.3) is 0 Å². The number of aromatic hydroxyl groups is 1. The lowest BCUT2D eigenvalue weighted by Crippen LogP contribution is -2.37. The molecule has 0 radical (unpaired) electrons. The summed E-state index contributed by atoms with van der Waals surface area (Å²) in [4.78, 5) is 0. The number of fused-ring (bicyclic) bond motifs is 4. The molecule has 23 heavy (non-hydrogen) atoms. The van der Waals surface area contributed by atoms with Crippen molar-refractivity contribution in [2.75, 3.05) is 0 Å². The van der Waals surface area contributed by atoms with Gasteiger partial charge in [-0.25, -0.2) is 0 Å². The van der Waals surface area contributed by atoms with E-state index in [0.29, 0.717) is 17.6 Å². The summed E-state index contributed by atoms with van der Waals surface area (Å²) in [5, 5.41) is 10.1. The summed E-state index contributed by atoms with van der Waals surface area (Å²) < 4.78 is 6.36. The molecule has 1 N–H and O–H groups in total. The number of ether oxygens (including phenoxy) is 1. The third-order valence-electron chi connectivity index (χ3n) is 5.43. The molecule has 3 rings (SSSR count). The molecule has 0 saturated heterocycles. The molecule has 0 aromatic heterocycles. The molecule has 0 amide bonds. The molecule has 1 aromatic carbocycles. The normalized spacial score (nSPS) is 25.7. The Morgan fingerprint density at radius 3 is 2.70 bits per heavy atom. The van der Waals surface area contributed by atoms with E-state index in [1.165, 1.54) is 48.0 Å². The Hall–Kier alpha value is -1.44. The number of allylic oxidation sites excluding steroid dienone is 1. The van der Waals surface area contributed by atoms with Crippen molar-refractivity contribution in [3.05, 3.63) is 34.4 Å². The number of aryl methyl sites for hydroxylation is 1. The summed E-state index contributed by atoms with van der Waals surface area (Å²) in [6.45, 7) is 9.01. The van der Waals surface area contributed by atoms with Gasteiger partial charge in [-0.15, -0.1) is 0 Å². The van der Waals surface area contributed by atoms with Gasteiger partial charge in [0, 0.05) is 17.5 Å². The SMILES string of the molecule is CCCCCc1cc(O)cc2c1C1CC(C)CC(O2)C1=C(C)C. The molecule has 2 aliphatic rings. The lowest BCUT2D eigenvalue weighted by Gasteiger charge is -2.43. The summed E-state index contributed by atoms with van der Waals surface area (Å²) in [7, 11) is 0. The molecule has 3 atom stereocenters. The fourth-order valence-electron chi connectivity index (χ4n) is 4.48. The molecule has 1 aliphatic heterocycles. The lowest BCUT2D eigenvalue weighted by atomic mass is 9.69. The van der Waals surface area contributed by atoms with Crippen LogP contribution in [-0.4, -0.2) is 11.2 Å². The van der Waals surface area contributed by atoms with E-state index in [0.717, 1.165) is 18.6 Å². The number of unbranched alkanes of at least 4 members (excludes halogenated alkanes) is 2. The number of hydrogen-bond donors (Lipinski definition) is 1. The van der Waals surface area contributed by atoms with Gasteiger partial charge in [0.15, 0.2) is 0 Å². The quantitative estimate of drug-likeness (QED) is 0.567. The van der Waals surface area contributed by atoms with Gasteiger partial charge in [-0.05, 0) is 62.7 Å². The molecular formula is C21H30O2. The van der Waals surface area contributed by atoms with Gasteiger partial charge in [0.1, 0.15) is 17.6 Å². The molecule has 1 aliphatic carbocycles. The molecule has 1 saturated carbocycles. The summed E-state index contributed by atoms with van der Waals surface area (Å²) in [5.74, 6) is 2.46. The highest BCUT2D eigenvalue weighted by molar-refractivity contribution is 5.55. The largest absolute Gasteiger partial charge is 0.508 e. The number of phenols is 1. The van der Waals surface area contributed by atoms with Crippen molar-refractivity contribution in [3.63, 3.8) is 0 Å². The lowest BCUT2D eigenvalue weighted by molar-refractivity contribution is 0.144. The fourth-order valence-corrected chi connectivity index (χ4v) is 4.48. The molecule has 2 heteroatoms. The minimum atomic E-state index is 0.201. The number of hydrogen-bond acceptors (Lipinski definition) is 2. The maximum Gasteiger partial charge on any atom is 0.127 e. The first-order valence-electron chi connectivity index (χ1n) is 9.21. The molecule has 2 bridgehead atoms. The van der Waals surface area contributed by atoms with Crippen LogP contribution in [0.15, 0.2) is 23.3 Å². The molecule has 2 nitrogen and oxygen atoms in total. The second-order valence-corrected chi connectivity index (χ2v) is 7.66. The standard InChI is InChI=1S/C21H30O2/c1-5-6-7-8-15-11-16(22)12-19-21(15)17-9-14(4)10-18(23-19)20(17)13(2)3/h11-12,14,17-18,22H,5-10H2,1-4H3. The average molecular weight is 314 g/mol. The summed E-state index contributed by atoms with van der Waals surface area (Å²) >= 11 is 0. The van der Waals surface area contributed by atoms with E-state index in [1.807, 2.05) is 12.1 Å². The first-order chi connectivity index (χ1) is 11.0. The van der Waals surface area contributed by atoms with Crippen LogP contribution in [0.2, 0.25) is 0 Å². The first-order valence-corrected chi connectivity index (χ1v) is 9.21. The van der Waals surface area contributed by atoms with Crippen LogP contribution in [0.4, 0.5) is 0 Å². The number of benzene rings is 1. The highest BCUT2D eigenvalue weighted by atomic mass is 16.5. The van der Waals surface area contributed by atoms with Gasteiger partial charge in [0.05, 0.1) is 0 Å². The average Bonchev–Trinajstić information content (AvgIpc) is 2.45. The topological polar surface area (TPSA) is 29.5 Å². The van der Waals surface area contributed by atoms with Crippen LogP contribution in [0.5, 0.6) is 11.5 Å². The Kier molecular flexibility index (Phi) is 4.70. The summed E-state index contributed by atoms with van der Waals surface area (Å²) in [6.07, 6.45) is 7.19. The highest BCUT2D eigenvalue weighted by Crippen LogP contribution is 2.52. The smallest absolute Gasteiger partial charge is 0.127 e. The van der Waals surface area contributed by atoms with E-state index in [1.54, 1.807) is 0 Å². The van der Waals surface area contributed by atoms with Crippen molar-refractivity contribution in [1.82, 2.24) is 0 Å². The van der Waals surface area contributed by atoms with Crippen molar-refractivity contribution in [1.29, 1.82) is 0 Å². The fraction of sp³-hybridized carbons (Fsp3) is 0.619. The van der Waals surface area contributed by atoms with E-state index in [4.69, 9.17) is 4.74 Å². The van der Waals surface area contributed by atoms with Gasteiger partial charge in [0.2, 0.25) is 0 Å². The van der Waals surface area contributed by atoms with E-state index in [2.05, 4.69) is 27.7 Å². The zero-order chi connectivity index (χ0) is 16.6. The predicted octanol–water partition coefficient (Wildman–Crippen LogP) is 5.74. The predicted molar refractivity (Wildman–Crippen MR) is 95.3 cm³/mol. The number of rotatable bonds is 4. The van der Waals surface area contributed by atoms with Gasteiger partial charge in [-0.2, -0.15) is 0 Å². The van der Waals surface area contributed by atoms with Crippen LogP contribution in [0, 0.1) is 5.92 Å². The van der Waals surface area contributed by atoms with Crippen molar-refractivity contribution in [3.8, 4) is 11.5 Å². The van der Waals surface area contributed by atoms with E-state index in [-0.39, 0.29) is 6.10 Å². The Morgan fingerprint density at radius 2 is 2.00 bits per heavy atom. The molecule has 126 valence electrons. The molecule has 1 heterocycles. The van der Waals surface area contributed by atoms with Gasteiger partial charge >= 0.3 is 0 Å². The van der Waals surface area contributed by atoms with Crippen LogP contribution in [-0.2, 0) is 6.42 Å². The van der Waals surface area contributed by atoms with E-state index >= 15 is 0 Å². The van der Waals surface area contributed by atoms with Crippen LogP contribution < -0.4 is 4.74 Å². The van der Waals surface area contributed by atoms with Crippen molar-refractivity contribution >= 4 is 0 Å². The van der Waals surface area contributed by atoms with Crippen molar-refractivity contribution < 1.29 is 9.84 Å². The van der Waals surface area contributed by atoms with Crippen LogP contribution in [0.1, 0.15) is 76.8 Å².